The lowest BCUT2D eigenvalue weighted by atomic mass is 10.2. The van der Waals surface area contributed by atoms with E-state index in [2.05, 4.69) is 10.5 Å². The van der Waals surface area contributed by atoms with E-state index in [9.17, 15) is 9.59 Å². The molecular weight excluding hydrogens is 386 g/mol. The molecule has 0 saturated carbocycles. The zero-order valence-electron chi connectivity index (χ0n) is 16.5. The number of anilines is 1. The predicted molar refractivity (Wildman–Crippen MR) is 107 cm³/mol. The molecule has 0 radical (unpaired) electrons. The van der Waals surface area contributed by atoms with Crippen molar-refractivity contribution < 1.29 is 23.6 Å². The summed E-state index contributed by atoms with van der Waals surface area (Å²) in [7, 11) is 0. The van der Waals surface area contributed by atoms with Crippen LogP contribution >= 0.6 is 0 Å². The summed E-state index contributed by atoms with van der Waals surface area (Å²) in [5, 5.41) is 15.5. The van der Waals surface area contributed by atoms with Crippen LogP contribution in [0, 0.1) is 25.2 Å². The molecule has 8 nitrogen and oxygen atoms in total. The molecule has 1 N–H and O–H groups in total. The molecule has 0 spiro atoms. The van der Waals surface area contributed by atoms with Crippen LogP contribution in [-0.4, -0.2) is 23.6 Å². The molecule has 0 aliphatic rings. The van der Waals surface area contributed by atoms with Gasteiger partial charge in [-0.1, -0.05) is 29.4 Å². The smallest absolute Gasteiger partial charge is 0.342 e. The van der Waals surface area contributed by atoms with Crippen LogP contribution in [0.3, 0.4) is 0 Å². The third kappa shape index (κ3) is 4.83. The van der Waals surface area contributed by atoms with Crippen LogP contribution in [0.25, 0.3) is 0 Å². The molecule has 3 rings (SSSR count). The van der Waals surface area contributed by atoms with Gasteiger partial charge in [-0.3, -0.25) is 4.79 Å². The topological polar surface area (TPSA) is 114 Å². The second-order valence-corrected chi connectivity index (χ2v) is 6.37. The molecule has 3 aromatic rings. The number of ether oxygens (including phenoxy) is 2. The number of nitriles is 1. The van der Waals surface area contributed by atoms with Gasteiger partial charge in [-0.15, -0.1) is 0 Å². The lowest BCUT2D eigenvalue weighted by Crippen LogP contribution is -2.21. The van der Waals surface area contributed by atoms with Crippen molar-refractivity contribution >= 4 is 17.6 Å². The van der Waals surface area contributed by atoms with Gasteiger partial charge in [0.1, 0.15) is 29.7 Å². The molecule has 0 unspecified atom stereocenters. The van der Waals surface area contributed by atoms with Gasteiger partial charge < -0.3 is 19.3 Å². The van der Waals surface area contributed by atoms with Crippen molar-refractivity contribution in [2.45, 2.75) is 20.5 Å². The number of esters is 1. The number of nitrogens with zero attached hydrogens (tertiary/aromatic N) is 2. The molecule has 2 aromatic carbocycles. The highest BCUT2D eigenvalue weighted by atomic mass is 16.5. The molecular formula is C22H19N3O5. The molecule has 1 heterocycles. The monoisotopic (exact) mass is 405 g/mol. The standard InChI is InChI=1S/C22H19N3O5/c1-14-18(15(2)30-25-14)12-28-20-10-6-4-8-17(20)22(27)29-13-21(26)24-19-9-5-3-7-16(19)11-23/h3-10H,12-13H2,1-2H3,(H,24,26). The van der Waals surface area contributed by atoms with Crippen LogP contribution in [0.4, 0.5) is 5.69 Å². The van der Waals surface area contributed by atoms with Gasteiger partial charge in [-0.25, -0.2) is 4.79 Å². The van der Waals surface area contributed by atoms with Gasteiger partial charge in [-0.05, 0) is 38.1 Å². The Morgan fingerprint density at radius 3 is 2.60 bits per heavy atom. The van der Waals surface area contributed by atoms with Gasteiger partial charge in [0.05, 0.1) is 22.5 Å². The first-order chi connectivity index (χ1) is 14.5. The first kappa shape index (κ1) is 20.6. The Balaban J connectivity index is 1.62. The van der Waals surface area contributed by atoms with Crippen molar-refractivity contribution in [1.82, 2.24) is 5.16 Å². The number of carbonyl (C=O) groups is 2. The number of hydrogen-bond acceptors (Lipinski definition) is 7. The van der Waals surface area contributed by atoms with Gasteiger partial charge in [0.15, 0.2) is 6.61 Å². The van der Waals surface area contributed by atoms with Gasteiger partial charge >= 0.3 is 5.97 Å². The molecule has 0 aliphatic heterocycles. The fourth-order valence-corrected chi connectivity index (χ4v) is 2.70. The first-order valence-electron chi connectivity index (χ1n) is 9.09. The molecule has 8 heteroatoms. The summed E-state index contributed by atoms with van der Waals surface area (Å²) in [5.74, 6) is -0.298. The molecule has 0 aliphatic carbocycles. The minimum absolute atomic E-state index is 0.177. The van der Waals surface area contributed by atoms with Gasteiger partial charge in [0, 0.05) is 0 Å². The zero-order valence-corrected chi connectivity index (χ0v) is 16.5. The van der Waals surface area contributed by atoms with E-state index in [1.54, 1.807) is 62.4 Å². The quantitative estimate of drug-likeness (QED) is 0.598. The predicted octanol–water partition coefficient (Wildman–Crippen LogP) is 3.54. The number of hydrogen-bond donors (Lipinski definition) is 1. The van der Waals surface area contributed by atoms with Crippen LogP contribution in [0.15, 0.2) is 53.1 Å². The number of benzene rings is 2. The molecule has 0 atom stereocenters. The van der Waals surface area contributed by atoms with E-state index < -0.39 is 18.5 Å². The number of aromatic nitrogens is 1. The third-order valence-corrected chi connectivity index (χ3v) is 4.32. The zero-order chi connectivity index (χ0) is 21.5. The van der Waals surface area contributed by atoms with Crippen LogP contribution in [0.5, 0.6) is 5.75 Å². The Bertz CT molecular complexity index is 1090. The summed E-state index contributed by atoms with van der Waals surface area (Å²) in [6.07, 6.45) is 0. The second-order valence-electron chi connectivity index (χ2n) is 6.37. The molecule has 0 bridgehead atoms. The third-order valence-electron chi connectivity index (χ3n) is 4.32. The lowest BCUT2D eigenvalue weighted by molar-refractivity contribution is -0.119. The highest BCUT2D eigenvalue weighted by Gasteiger charge is 2.17. The van der Waals surface area contributed by atoms with E-state index in [4.69, 9.17) is 19.3 Å². The number of amides is 1. The van der Waals surface area contributed by atoms with Crippen molar-refractivity contribution in [1.29, 1.82) is 5.26 Å². The number of rotatable bonds is 7. The summed E-state index contributed by atoms with van der Waals surface area (Å²) in [6, 6.07) is 15.1. The Hall–Kier alpha value is -4.12. The van der Waals surface area contributed by atoms with Crippen LogP contribution in [0.1, 0.15) is 32.9 Å². The number of aryl methyl sites for hydroxylation is 2. The maximum absolute atomic E-state index is 12.5. The number of carbonyl (C=O) groups excluding carboxylic acids is 2. The maximum atomic E-state index is 12.5. The fraction of sp³-hybridized carbons (Fsp3) is 0.182. The summed E-state index contributed by atoms with van der Waals surface area (Å²) in [5.41, 5.74) is 2.37. The van der Waals surface area contributed by atoms with E-state index in [1.807, 2.05) is 6.07 Å². The Morgan fingerprint density at radius 1 is 1.13 bits per heavy atom. The van der Waals surface area contributed by atoms with Crippen LogP contribution in [-0.2, 0) is 16.1 Å². The van der Waals surface area contributed by atoms with Gasteiger partial charge in [-0.2, -0.15) is 5.26 Å². The van der Waals surface area contributed by atoms with Crippen molar-refractivity contribution in [3.05, 3.63) is 76.7 Å². The Kier molecular flexibility index (Phi) is 6.45. The maximum Gasteiger partial charge on any atom is 0.342 e. The van der Waals surface area contributed by atoms with E-state index in [-0.39, 0.29) is 12.2 Å². The van der Waals surface area contributed by atoms with Crippen LogP contribution < -0.4 is 10.1 Å². The summed E-state index contributed by atoms with van der Waals surface area (Å²) in [6.45, 7) is 3.26. The second kappa shape index (κ2) is 9.39. The van der Waals surface area contributed by atoms with Gasteiger partial charge in [0.2, 0.25) is 0 Å². The minimum Gasteiger partial charge on any atom is -0.488 e. The van der Waals surface area contributed by atoms with Gasteiger partial charge in [0.25, 0.3) is 5.91 Å². The molecule has 1 amide bonds. The lowest BCUT2D eigenvalue weighted by Gasteiger charge is -2.11. The normalized spacial score (nSPS) is 10.2. The Morgan fingerprint density at radius 2 is 1.87 bits per heavy atom. The van der Waals surface area contributed by atoms with Crippen molar-refractivity contribution in [3.63, 3.8) is 0 Å². The first-order valence-corrected chi connectivity index (χ1v) is 9.09. The summed E-state index contributed by atoms with van der Waals surface area (Å²) in [4.78, 5) is 24.6. The van der Waals surface area contributed by atoms with Crippen molar-refractivity contribution in [2.75, 3.05) is 11.9 Å². The molecule has 0 fully saturated rings. The van der Waals surface area contributed by atoms with Crippen molar-refractivity contribution in [3.8, 4) is 11.8 Å². The minimum atomic E-state index is -0.701. The van der Waals surface area contributed by atoms with E-state index in [1.165, 1.54) is 0 Å². The molecule has 30 heavy (non-hydrogen) atoms. The highest BCUT2D eigenvalue weighted by molar-refractivity contribution is 5.97. The fourth-order valence-electron chi connectivity index (χ4n) is 2.70. The van der Waals surface area contributed by atoms with E-state index in [0.29, 0.717) is 28.5 Å². The average Bonchev–Trinajstić information content (AvgIpc) is 3.08. The van der Waals surface area contributed by atoms with Crippen LogP contribution in [0.2, 0.25) is 0 Å². The molecule has 0 saturated heterocycles. The number of para-hydroxylation sites is 2. The molecule has 152 valence electrons. The Labute approximate surface area is 173 Å². The highest BCUT2D eigenvalue weighted by Crippen LogP contribution is 2.22. The summed E-state index contributed by atoms with van der Waals surface area (Å²) >= 11 is 0. The van der Waals surface area contributed by atoms with Crippen molar-refractivity contribution in [2.24, 2.45) is 0 Å². The van der Waals surface area contributed by atoms with E-state index in [0.717, 1.165) is 5.56 Å². The largest absolute Gasteiger partial charge is 0.488 e. The number of nitrogens with one attached hydrogen (secondary N) is 1. The molecule has 1 aromatic heterocycles. The average molecular weight is 405 g/mol. The van der Waals surface area contributed by atoms with E-state index >= 15 is 0 Å². The SMILES string of the molecule is Cc1noc(C)c1COc1ccccc1C(=O)OCC(=O)Nc1ccccc1C#N. The summed E-state index contributed by atoms with van der Waals surface area (Å²) < 4.78 is 16.0.